The van der Waals surface area contributed by atoms with Gasteiger partial charge < -0.3 is 9.47 Å². The van der Waals surface area contributed by atoms with Gasteiger partial charge in [0.25, 0.3) is 5.91 Å². The normalized spacial score (nSPS) is 10.1. The summed E-state index contributed by atoms with van der Waals surface area (Å²) in [6.07, 6.45) is 0. The van der Waals surface area contributed by atoms with E-state index in [2.05, 4.69) is 31.2 Å². The minimum atomic E-state index is -0.319. The Morgan fingerprint density at radius 3 is 2.33 bits per heavy atom. The second-order valence-electron chi connectivity index (χ2n) is 4.21. The van der Waals surface area contributed by atoms with Gasteiger partial charge in [0.1, 0.15) is 0 Å². The van der Waals surface area contributed by atoms with Crippen LogP contribution in [-0.4, -0.2) is 30.1 Å². The van der Waals surface area contributed by atoms with Gasteiger partial charge >= 0.3 is 0 Å². The first-order valence-electron chi connectivity index (χ1n) is 6.08. The van der Waals surface area contributed by atoms with Crippen molar-refractivity contribution in [3.05, 3.63) is 39.9 Å². The van der Waals surface area contributed by atoms with Crippen molar-refractivity contribution >= 4 is 27.8 Å². The van der Waals surface area contributed by atoms with E-state index in [0.717, 1.165) is 5.56 Å². The summed E-state index contributed by atoms with van der Waals surface area (Å²) < 4.78 is 10.8. The van der Waals surface area contributed by atoms with Gasteiger partial charge in [-0.2, -0.15) is 9.97 Å². The minimum absolute atomic E-state index is 0.115. The van der Waals surface area contributed by atoms with Gasteiger partial charge in [0, 0.05) is 4.47 Å². The number of ether oxygens (including phenoxy) is 2. The first-order chi connectivity index (χ1) is 10.0. The average molecular weight is 352 g/mol. The first kappa shape index (κ1) is 15.2. The SMILES string of the molecule is COc1cc(OC)nc(NC(=O)c2cc(C)ccc2Br)n1. The molecule has 0 spiro atoms. The third kappa shape index (κ3) is 3.69. The number of carbonyl (C=O) groups excluding carboxylic acids is 1. The van der Waals surface area contributed by atoms with Crippen LogP contribution in [0.4, 0.5) is 5.95 Å². The van der Waals surface area contributed by atoms with Crippen molar-refractivity contribution in [2.24, 2.45) is 0 Å². The zero-order valence-corrected chi connectivity index (χ0v) is 13.4. The fraction of sp³-hybridized carbons (Fsp3) is 0.214. The van der Waals surface area contributed by atoms with Gasteiger partial charge in [0.05, 0.1) is 25.8 Å². The molecular weight excluding hydrogens is 338 g/mol. The van der Waals surface area contributed by atoms with E-state index in [-0.39, 0.29) is 11.9 Å². The lowest BCUT2D eigenvalue weighted by molar-refractivity contribution is 0.102. The number of anilines is 1. The number of aryl methyl sites for hydroxylation is 1. The molecule has 1 heterocycles. The van der Waals surface area contributed by atoms with Crippen LogP contribution in [0, 0.1) is 6.92 Å². The third-order valence-corrected chi connectivity index (χ3v) is 3.38. The number of hydrogen-bond donors (Lipinski definition) is 1. The molecule has 0 aliphatic rings. The molecule has 0 aliphatic heterocycles. The highest BCUT2D eigenvalue weighted by atomic mass is 79.9. The zero-order valence-electron chi connectivity index (χ0n) is 11.8. The zero-order chi connectivity index (χ0) is 15.4. The fourth-order valence-corrected chi connectivity index (χ4v) is 2.08. The number of nitrogens with one attached hydrogen (secondary N) is 1. The molecule has 1 aromatic carbocycles. The molecule has 0 atom stereocenters. The van der Waals surface area contributed by atoms with Crippen LogP contribution in [0.5, 0.6) is 11.8 Å². The standard InChI is InChI=1S/C14H14BrN3O3/c1-8-4-5-10(15)9(6-8)13(19)18-14-16-11(20-2)7-12(17-14)21-3/h4-7H,1-3H3,(H,16,17,18,19). The lowest BCUT2D eigenvalue weighted by Gasteiger charge is -2.09. The molecular formula is C14H14BrN3O3. The summed E-state index contributed by atoms with van der Waals surface area (Å²) in [5.41, 5.74) is 1.48. The molecule has 0 saturated carbocycles. The Morgan fingerprint density at radius 1 is 1.14 bits per heavy atom. The maximum Gasteiger partial charge on any atom is 0.259 e. The summed E-state index contributed by atoms with van der Waals surface area (Å²) in [6.45, 7) is 1.91. The molecule has 2 rings (SSSR count). The molecule has 0 unspecified atom stereocenters. The van der Waals surface area contributed by atoms with Gasteiger partial charge in [0.15, 0.2) is 0 Å². The predicted molar refractivity (Wildman–Crippen MR) is 82.0 cm³/mol. The molecule has 0 aliphatic carbocycles. The topological polar surface area (TPSA) is 73.3 Å². The van der Waals surface area contributed by atoms with Gasteiger partial charge in [-0.05, 0) is 35.0 Å². The molecule has 2 aromatic rings. The average Bonchev–Trinajstić information content (AvgIpc) is 2.49. The number of nitrogens with zero attached hydrogens (tertiary/aromatic N) is 2. The molecule has 0 radical (unpaired) electrons. The van der Waals surface area contributed by atoms with E-state index in [4.69, 9.17) is 9.47 Å². The molecule has 1 N–H and O–H groups in total. The van der Waals surface area contributed by atoms with E-state index in [1.807, 2.05) is 19.1 Å². The quantitative estimate of drug-likeness (QED) is 0.916. The molecule has 21 heavy (non-hydrogen) atoms. The van der Waals surface area contributed by atoms with E-state index in [9.17, 15) is 4.79 Å². The predicted octanol–water partition coefficient (Wildman–Crippen LogP) is 2.82. The number of amides is 1. The van der Waals surface area contributed by atoms with Crippen molar-refractivity contribution in [2.45, 2.75) is 6.92 Å². The van der Waals surface area contributed by atoms with Crippen molar-refractivity contribution in [1.82, 2.24) is 9.97 Å². The largest absolute Gasteiger partial charge is 0.481 e. The van der Waals surface area contributed by atoms with Crippen LogP contribution in [0.1, 0.15) is 15.9 Å². The van der Waals surface area contributed by atoms with Crippen LogP contribution in [-0.2, 0) is 0 Å². The number of halogens is 1. The van der Waals surface area contributed by atoms with Gasteiger partial charge in [-0.1, -0.05) is 11.6 Å². The number of aromatic nitrogens is 2. The number of hydrogen-bond acceptors (Lipinski definition) is 5. The van der Waals surface area contributed by atoms with Crippen molar-refractivity contribution in [3.8, 4) is 11.8 Å². The Labute approximate surface area is 130 Å². The van der Waals surface area contributed by atoms with E-state index in [0.29, 0.717) is 21.8 Å². The highest BCUT2D eigenvalue weighted by Crippen LogP contribution is 2.21. The van der Waals surface area contributed by atoms with Crippen LogP contribution in [0.2, 0.25) is 0 Å². The van der Waals surface area contributed by atoms with Crippen molar-refractivity contribution in [1.29, 1.82) is 0 Å². The van der Waals surface area contributed by atoms with Gasteiger partial charge in [-0.25, -0.2) is 0 Å². The Morgan fingerprint density at radius 2 is 1.76 bits per heavy atom. The van der Waals surface area contributed by atoms with Crippen LogP contribution < -0.4 is 14.8 Å². The van der Waals surface area contributed by atoms with E-state index in [1.165, 1.54) is 20.3 Å². The van der Waals surface area contributed by atoms with Gasteiger partial charge in [-0.15, -0.1) is 0 Å². The molecule has 0 fully saturated rings. The maximum absolute atomic E-state index is 12.3. The molecule has 110 valence electrons. The minimum Gasteiger partial charge on any atom is -0.481 e. The Kier molecular flexibility index (Phi) is 4.74. The summed E-state index contributed by atoms with van der Waals surface area (Å²) in [6, 6.07) is 7.03. The second-order valence-corrected chi connectivity index (χ2v) is 5.07. The number of methoxy groups -OCH3 is 2. The molecule has 0 bridgehead atoms. The smallest absolute Gasteiger partial charge is 0.259 e. The monoisotopic (exact) mass is 351 g/mol. The Bertz CT molecular complexity index is 654. The van der Waals surface area contributed by atoms with E-state index >= 15 is 0 Å². The molecule has 1 aromatic heterocycles. The molecule has 7 heteroatoms. The van der Waals surface area contributed by atoms with Crippen LogP contribution in [0.25, 0.3) is 0 Å². The molecule has 0 saturated heterocycles. The van der Waals surface area contributed by atoms with Crippen LogP contribution in [0.15, 0.2) is 28.7 Å². The summed E-state index contributed by atoms with van der Waals surface area (Å²) in [7, 11) is 2.95. The lowest BCUT2D eigenvalue weighted by Crippen LogP contribution is -2.15. The third-order valence-electron chi connectivity index (χ3n) is 2.69. The van der Waals surface area contributed by atoms with Gasteiger partial charge in [0.2, 0.25) is 17.7 Å². The Hall–Kier alpha value is -2.15. The van der Waals surface area contributed by atoms with Crippen LogP contribution in [0.3, 0.4) is 0 Å². The fourth-order valence-electron chi connectivity index (χ4n) is 1.65. The second kappa shape index (κ2) is 6.53. The summed E-state index contributed by atoms with van der Waals surface area (Å²) in [5, 5.41) is 2.62. The molecule has 1 amide bonds. The van der Waals surface area contributed by atoms with Gasteiger partial charge in [-0.3, -0.25) is 10.1 Å². The number of rotatable bonds is 4. The molecule has 6 nitrogen and oxygen atoms in total. The summed E-state index contributed by atoms with van der Waals surface area (Å²) in [4.78, 5) is 20.4. The van der Waals surface area contributed by atoms with E-state index < -0.39 is 0 Å². The highest BCUT2D eigenvalue weighted by Gasteiger charge is 2.13. The summed E-state index contributed by atoms with van der Waals surface area (Å²) in [5.74, 6) is 0.409. The summed E-state index contributed by atoms with van der Waals surface area (Å²) >= 11 is 3.35. The lowest BCUT2D eigenvalue weighted by atomic mass is 10.1. The number of carbonyl (C=O) groups is 1. The van der Waals surface area contributed by atoms with E-state index in [1.54, 1.807) is 6.07 Å². The first-order valence-corrected chi connectivity index (χ1v) is 6.87. The van der Waals surface area contributed by atoms with Crippen molar-refractivity contribution in [3.63, 3.8) is 0 Å². The number of benzene rings is 1. The van der Waals surface area contributed by atoms with Crippen molar-refractivity contribution in [2.75, 3.05) is 19.5 Å². The Balaban J connectivity index is 2.28. The van der Waals surface area contributed by atoms with Crippen molar-refractivity contribution < 1.29 is 14.3 Å². The highest BCUT2D eigenvalue weighted by molar-refractivity contribution is 9.10. The van der Waals surface area contributed by atoms with Crippen LogP contribution >= 0.6 is 15.9 Å². The maximum atomic E-state index is 12.3.